The molecule has 0 spiro atoms. The van der Waals surface area contributed by atoms with E-state index in [1.807, 2.05) is 4.90 Å². The molecule has 0 bridgehead atoms. The van der Waals surface area contributed by atoms with Crippen LogP contribution >= 0.6 is 0 Å². The fourth-order valence-electron chi connectivity index (χ4n) is 1.52. The number of hydrogen-bond donors (Lipinski definition) is 1. The lowest BCUT2D eigenvalue weighted by Crippen LogP contribution is -2.38. The Morgan fingerprint density at radius 3 is 2.70 bits per heavy atom. The predicted molar refractivity (Wildman–Crippen MR) is 37.6 cm³/mol. The molecule has 2 atom stereocenters. The van der Waals surface area contributed by atoms with Gasteiger partial charge in [-0.1, -0.05) is 0 Å². The first-order valence-corrected chi connectivity index (χ1v) is 3.76. The van der Waals surface area contributed by atoms with Crippen LogP contribution in [0.15, 0.2) is 0 Å². The third-order valence-corrected chi connectivity index (χ3v) is 2.25. The van der Waals surface area contributed by atoms with Gasteiger partial charge in [-0.05, 0) is 13.8 Å². The zero-order valence-corrected chi connectivity index (χ0v) is 6.29. The van der Waals surface area contributed by atoms with E-state index in [1.165, 1.54) is 0 Å². The number of fused-ring (bicyclic) bond motifs is 1. The molecule has 2 heterocycles. The molecular weight excluding hydrogens is 128 g/mol. The molecule has 2 fully saturated rings. The fraction of sp³-hybridized carbons (Fsp3) is 0.857. The van der Waals surface area contributed by atoms with Crippen molar-refractivity contribution >= 4 is 5.91 Å². The normalized spacial score (nSPS) is 37.1. The SMILES string of the molecule is CC(C)N1CC2NC2C1=O. The van der Waals surface area contributed by atoms with Crippen molar-refractivity contribution in [2.45, 2.75) is 32.0 Å². The number of likely N-dealkylation sites (tertiary alicyclic amines) is 1. The molecule has 1 N–H and O–H groups in total. The van der Waals surface area contributed by atoms with E-state index < -0.39 is 0 Å². The number of amides is 1. The van der Waals surface area contributed by atoms with Crippen molar-refractivity contribution in [1.29, 1.82) is 0 Å². The van der Waals surface area contributed by atoms with Gasteiger partial charge in [-0.15, -0.1) is 0 Å². The van der Waals surface area contributed by atoms with Crippen molar-refractivity contribution in [3.8, 4) is 0 Å². The van der Waals surface area contributed by atoms with E-state index in [9.17, 15) is 4.79 Å². The Hall–Kier alpha value is -0.570. The summed E-state index contributed by atoms with van der Waals surface area (Å²) in [7, 11) is 0. The number of nitrogens with zero attached hydrogens (tertiary/aromatic N) is 1. The largest absolute Gasteiger partial charge is 0.337 e. The summed E-state index contributed by atoms with van der Waals surface area (Å²) in [6.07, 6.45) is 0. The van der Waals surface area contributed by atoms with Crippen LogP contribution in [0.3, 0.4) is 0 Å². The van der Waals surface area contributed by atoms with Crippen LogP contribution < -0.4 is 5.32 Å². The summed E-state index contributed by atoms with van der Waals surface area (Å²) in [4.78, 5) is 13.2. The number of hydrogen-bond acceptors (Lipinski definition) is 2. The Bertz CT molecular complexity index is 178. The number of carbonyl (C=O) groups is 1. The van der Waals surface area contributed by atoms with Crippen molar-refractivity contribution in [3.63, 3.8) is 0 Å². The van der Waals surface area contributed by atoms with Gasteiger partial charge in [0.15, 0.2) is 0 Å². The van der Waals surface area contributed by atoms with Gasteiger partial charge in [-0.25, -0.2) is 0 Å². The molecule has 0 radical (unpaired) electrons. The maximum atomic E-state index is 11.3. The van der Waals surface area contributed by atoms with Gasteiger partial charge in [0.25, 0.3) is 0 Å². The molecule has 2 saturated heterocycles. The molecule has 0 aliphatic carbocycles. The summed E-state index contributed by atoms with van der Waals surface area (Å²) in [5.41, 5.74) is 0. The van der Waals surface area contributed by atoms with Crippen molar-refractivity contribution in [2.75, 3.05) is 6.54 Å². The fourth-order valence-corrected chi connectivity index (χ4v) is 1.52. The molecule has 1 amide bonds. The van der Waals surface area contributed by atoms with Crippen LogP contribution in [0.1, 0.15) is 13.8 Å². The predicted octanol–water partition coefficient (Wildman–Crippen LogP) is -0.423. The second-order valence-electron chi connectivity index (χ2n) is 3.34. The molecule has 2 aliphatic heterocycles. The zero-order chi connectivity index (χ0) is 7.30. The maximum Gasteiger partial charge on any atom is 0.241 e. The number of nitrogens with one attached hydrogen (secondary N) is 1. The summed E-state index contributed by atoms with van der Waals surface area (Å²) in [6, 6.07) is 1.04. The van der Waals surface area contributed by atoms with Gasteiger partial charge in [0.2, 0.25) is 5.91 Å². The molecule has 0 aromatic carbocycles. The smallest absolute Gasteiger partial charge is 0.241 e. The van der Waals surface area contributed by atoms with Crippen molar-refractivity contribution in [2.24, 2.45) is 0 Å². The molecule has 10 heavy (non-hydrogen) atoms. The Morgan fingerprint density at radius 1 is 1.70 bits per heavy atom. The minimum atomic E-state index is 0.183. The van der Waals surface area contributed by atoms with Crippen LogP contribution in [0.4, 0.5) is 0 Å². The van der Waals surface area contributed by atoms with Gasteiger partial charge in [0.05, 0.1) is 0 Å². The molecule has 3 heteroatoms. The number of carbonyl (C=O) groups excluding carboxylic acids is 1. The molecule has 0 aromatic heterocycles. The second kappa shape index (κ2) is 1.72. The van der Waals surface area contributed by atoms with Gasteiger partial charge >= 0.3 is 0 Å². The average Bonchev–Trinajstić information content (AvgIpc) is 2.54. The maximum absolute atomic E-state index is 11.3. The van der Waals surface area contributed by atoms with Gasteiger partial charge in [0.1, 0.15) is 6.04 Å². The standard InChI is InChI=1S/C7H12N2O/c1-4(2)9-3-5-6(8-5)7(9)10/h4-6,8H,3H2,1-2H3. The second-order valence-corrected chi connectivity index (χ2v) is 3.34. The lowest BCUT2D eigenvalue weighted by atomic mass is 10.3. The van der Waals surface area contributed by atoms with E-state index in [0.717, 1.165) is 6.54 Å². The van der Waals surface area contributed by atoms with E-state index in [1.54, 1.807) is 0 Å². The molecule has 2 rings (SSSR count). The first-order valence-electron chi connectivity index (χ1n) is 3.76. The highest BCUT2D eigenvalue weighted by molar-refractivity contribution is 5.89. The molecule has 56 valence electrons. The summed E-state index contributed by atoms with van der Waals surface area (Å²) < 4.78 is 0. The van der Waals surface area contributed by atoms with Crippen LogP contribution in [0, 0.1) is 0 Å². The van der Waals surface area contributed by atoms with Crippen LogP contribution in [0.25, 0.3) is 0 Å². The van der Waals surface area contributed by atoms with Gasteiger partial charge in [0, 0.05) is 18.6 Å². The highest BCUT2D eigenvalue weighted by atomic mass is 16.2. The van der Waals surface area contributed by atoms with E-state index >= 15 is 0 Å². The minimum Gasteiger partial charge on any atom is -0.337 e. The summed E-state index contributed by atoms with van der Waals surface area (Å²) >= 11 is 0. The van der Waals surface area contributed by atoms with Crippen molar-refractivity contribution in [1.82, 2.24) is 10.2 Å². The summed E-state index contributed by atoms with van der Waals surface area (Å²) in [5, 5.41) is 3.11. The van der Waals surface area contributed by atoms with Crippen LogP contribution in [0.2, 0.25) is 0 Å². The Kier molecular flexibility index (Phi) is 1.06. The van der Waals surface area contributed by atoms with Crippen LogP contribution in [-0.2, 0) is 4.79 Å². The molecule has 0 saturated carbocycles. The monoisotopic (exact) mass is 140 g/mol. The topological polar surface area (TPSA) is 42.2 Å². The molecular formula is C7H12N2O. The Balaban J connectivity index is 2.07. The Morgan fingerprint density at radius 2 is 2.40 bits per heavy atom. The number of rotatable bonds is 1. The van der Waals surface area contributed by atoms with Gasteiger partial charge < -0.3 is 4.90 Å². The molecule has 2 aliphatic rings. The first-order chi connectivity index (χ1) is 4.70. The van der Waals surface area contributed by atoms with Crippen LogP contribution in [-0.4, -0.2) is 35.5 Å². The third-order valence-electron chi connectivity index (χ3n) is 2.25. The van der Waals surface area contributed by atoms with E-state index in [0.29, 0.717) is 18.0 Å². The molecule has 0 aromatic rings. The summed E-state index contributed by atoms with van der Waals surface area (Å²) in [5.74, 6) is 0.292. The van der Waals surface area contributed by atoms with Gasteiger partial charge in [-0.3, -0.25) is 10.1 Å². The summed E-state index contributed by atoms with van der Waals surface area (Å²) in [6.45, 7) is 5.03. The van der Waals surface area contributed by atoms with E-state index in [2.05, 4.69) is 19.2 Å². The Labute approximate surface area is 60.4 Å². The quantitative estimate of drug-likeness (QED) is 0.502. The lowest BCUT2D eigenvalue weighted by molar-refractivity contribution is -0.130. The van der Waals surface area contributed by atoms with Gasteiger partial charge in [-0.2, -0.15) is 0 Å². The van der Waals surface area contributed by atoms with Crippen molar-refractivity contribution < 1.29 is 4.79 Å². The highest BCUT2D eigenvalue weighted by Gasteiger charge is 2.52. The average molecular weight is 140 g/mol. The van der Waals surface area contributed by atoms with E-state index in [-0.39, 0.29) is 6.04 Å². The third kappa shape index (κ3) is 0.669. The highest BCUT2D eigenvalue weighted by Crippen LogP contribution is 2.24. The first kappa shape index (κ1) is 6.16. The number of piperazine rings is 1. The van der Waals surface area contributed by atoms with Crippen molar-refractivity contribution in [3.05, 3.63) is 0 Å². The zero-order valence-electron chi connectivity index (χ0n) is 6.29. The molecule has 3 nitrogen and oxygen atoms in total. The lowest BCUT2D eigenvalue weighted by Gasteiger charge is -2.21. The molecule has 2 unspecified atom stereocenters. The minimum absolute atomic E-state index is 0.183. The van der Waals surface area contributed by atoms with Crippen LogP contribution in [0.5, 0.6) is 0 Å². The van der Waals surface area contributed by atoms with E-state index in [4.69, 9.17) is 0 Å².